The standard InChI is InChI=1S/C7H2F3IN2O5/c8-7(9,10)18-2-1-3(11)12-4(6(14)15)5(2)13(16)17/h1H,(H,14,15). The summed E-state index contributed by atoms with van der Waals surface area (Å²) in [6.07, 6.45) is -5.18. The molecule has 1 aromatic rings. The lowest BCUT2D eigenvalue weighted by Gasteiger charge is -2.10. The Morgan fingerprint density at radius 3 is 2.50 bits per heavy atom. The average molecular weight is 378 g/mol. The van der Waals surface area contributed by atoms with Crippen LogP contribution in [0.2, 0.25) is 0 Å². The van der Waals surface area contributed by atoms with E-state index in [1.54, 1.807) is 0 Å². The first-order chi connectivity index (χ1) is 8.11. The summed E-state index contributed by atoms with van der Waals surface area (Å²) in [6.45, 7) is 0. The van der Waals surface area contributed by atoms with E-state index in [4.69, 9.17) is 5.11 Å². The van der Waals surface area contributed by atoms with Crippen molar-refractivity contribution in [3.05, 3.63) is 25.6 Å². The number of alkyl halides is 3. The molecule has 11 heteroatoms. The zero-order valence-electron chi connectivity index (χ0n) is 8.06. The highest BCUT2D eigenvalue weighted by Crippen LogP contribution is 2.35. The number of nitrogens with zero attached hydrogens (tertiary/aromatic N) is 2. The van der Waals surface area contributed by atoms with E-state index in [0.717, 1.165) is 0 Å². The molecule has 98 valence electrons. The number of carbonyl (C=O) groups is 1. The van der Waals surface area contributed by atoms with Gasteiger partial charge in [-0.3, -0.25) is 10.1 Å². The van der Waals surface area contributed by atoms with Gasteiger partial charge in [-0.1, -0.05) is 0 Å². The van der Waals surface area contributed by atoms with Crippen LogP contribution in [0.5, 0.6) is 5.75 Å². The first-order valence-electron chi connectivity index (χ1n) is 3.96. The number of nitro groups is 1. The first kappa shape index (κ1) is 14.4. The predicted molar refractivity (Wildman–Crippen MR) is 57.3 cm³/mol. The molecule has 1 rings (SSSR count). The Balaban J connectivity index is 3.49. The minimum atomic E-state index is -5.18. The van der Waals surface area contributed by atoms with Crippen molar-refractivity contribution in [2.75, 3.05) is 0 Å². The molecule has 7 nitrogen and oxygen atoms in total. The summed E-state index contributed by atoms with van der Waals surface area (Å²) in [7, 11) is 0. The lowest BCUT2D eigenvalue weighted by molar-refractivity contribution is -0.389. The third kappa shape index (κ3) is 3.41. The quantitative estimate of drug-likeness (QED) is 0.375. The fourth-order valence-corrected chi connectivity index (χ4v) is 1.54. The Bertz CT molecular complexity index is 519. The van der Waals surface area contributed by atoms with Gasteiger partial charge in [-0.05, 0) is 22.6 Å². The summed E-state index contributed by atoms with van der Waals surface area (Å²) >= 11 is 1.41. The lowest BCUT2D eigenvalue weighted by atomic mass is 10.3. The van der Waals surface area contributed by atoms with Crippen LogP contribution < -0.4 is 4.74 Å². The molecule has 0 fully saturated rings. The van der Waals surface area contributed by atoms with E-state index < -0.39 is 34.4 Å². The Kier molecular flexibility index (Phi) is 3.93. The molecule has 0 radical (unpaired) electrons. The number of aromatic nitrogens is 1. The smallest absolute Gasteiger partial charge is 0.476 e. The van der Waals surface area contributed by atoms with Crippen molar-refractivity contribution >= 4 is 34.2 Å². The molecule has 0 saturated carbocycles. The Labute approximate surface area is 110 Å². The number of hydrogen-bond donors (Lipinski definition) is 1. The Hall–Kier alpha value is -1.66. The van der Waals surface area contributed by atoms with Gasteiger partial charge in [0, 0.05) is 6.07 Å². The molecule has 1 N–H and O–H groups in total. The number of halogens is 4. The van der Waals surface area contributed by atoms with Gasteiger partial charge in [0.25, 0.3) is 0 Å². The third-order valence-electron chi connectivity index (χ3n) is 1.54. The van der Waals surface area contributed by atoms with Crippen LogP contribution in [-0.2, 0) is 0 Å². The van der Waals surface area contributed by atoms with E-state index in [1.807, 2.05) is 0 Å². The number of pyridine rings is 1. The maximum Gasteiger partial charge on any atom is 0.573 e. The van der Waals surface area contributed by atoms with Crippen LogP contribution >= 0.6 is 22.6 Å². The van der Waals surface area contributed by atoms with E-state index in [0.29, 0.717) is 6.07 Å². The largest absolute Gasteiger partial charge is 0.573 e. The number of hydrogen-bond acceptors (Lipinski definition) is 5. The number of carboxylic acid groups (broad SMARTS) is 1. The average Bonchev–Trinajstić information content (AvgIpc) is 2.12. The number of ether oxygens (including phenoxy) is 1. The zero-order valence-corrected chi connectivity index (χ0v) is 10.2. The highest BCUT2D eigenvalue weighted by atomic mass is 127. The van der Waals surface area contributed by atoms with E-state index in [2.05, 4.69) is 9.72 Å². The molecule has 0 aliphatic carbocycles. The summed E-state index contributed by atoms with van der Waals surface area (Å²) in [5.74, 6) is -3.04. The summed E-state index contributed by atoms with van der Waals surface area (Å²) < 4.78 is 39.3. The fraction of sp³-hybridized carbons (Fsp3) is 0.143. The summed E-state index contributed by atoms with van der Waals surface area (Å²) in [4.78, 5) is 23.3. The van der Waals surface area contributed by atoms with Gasteiger partial charge in [-0.25, -0.2) is 9.78 Å². The number of rotatable bonds is 3. The maximum absolute atomic E-state index is 12.0. The fourth-order valence-electron chi connectivity index (χ4n) is 1.01. The van der Waals surface area contributed by atoms with Gasteiger partial charge in [0.1, 0.15) is 3.70 Å². The molecule has 0 aliphatic heterocycles. The monoisotopic (exact) mass is 378 g/mol. The highest BCUT2D eigenvalue weighted by molar-refractivity contribution is 14.1. The minimum absolute atomic E-state index is 0.185. The molecule has 1 heterocycles. The van der Waals surface area contributed by atoms with Crippen molar-refractivity contribution < 1.29 is 32.7 Å². The van der Waals surface area contributed by atoms with E-state index >= 15 is 0 Å². The van der Waals surface area contributed by atoms with Gasteiger partial charge in [-0.2, -0.15) is 0 Å². The topological polar surface area (TPSA) is 103 Å². The van der Waals surface area contributed by atoms with Crippen molar-refractivity contribution in [1.82, 2.24) is 4.98 Å². The molecule has 1 aromatic heterocycles. The van der Waals surface area contributed by atoms with E-state index in [1.165, 1.54) is 22.6 Å². The van der Waals surface area contributed by atoms with E-state index in [-0.39, 0.29) is 3.70 Å². The SMILES string of the molecule is O=C(O)c1nc(I)cc(OC(F)(F)F)c1[N+](=O)[O-]. The van der Waals surface area contributed by atoms with Crippen LogP contribution in [0.25, 0.3) is 0 Å². The van der Waals surface area contributed by atoms with Crippen molar-refractivity contribution in [1.29, 1.82) is 0 Å². The molecule has 0 bridgehead atoms. The third-order valence-corrected chi connectivity index (χ3v) is 2.09. The van der Waals surface area contributed by atoms with Crippen LogP contribution in [0.4, 0.5) is 18.9 Å². The second-order valence-corrected chi connectivity index (χ2v) is 3.86. The normalized spacial score (nSPS) is 11.1. The molecular formula is C7H2F3IN2O5. The summed E-state index contributed by atoms with van der Waals surface area (Å²) in [5.41, 5.74) is -2.47. The molecule has 0 unspecified atom stereocenters. The Morgan fingerprint density at radius 1 is 1.56 bits per heavy atom. The van der Waals surface area contributed by atoms with Crippen LogP contribution in [0.3, 0.4) is 0 Å². The van der Waals surface area contributed by atoms with Crippen LogP contribution in [0.1, 0.15) is 10.5 Å². The van der Waals surface area contributed by atoms with Gasteiger partial charge in [0.05, 0.1) is 4.92 Å². The Morgan fingerprint density at radius 2 is 2.11 bits per heavy atom. The van der Waals surface area contributed by atoms with Gasteiger partial charge in [0.15, 0.2) is 0 Å². The molecule has 0 aromatic carbocycles. The van der Waals surface area contributed by atoms with Crippen LogP contribution in [-0.4, -0.2) is 27.3 Å². The van der Waals surface area contributed by atoms with Crippen LogP contribution in [0.15, 0.2) is 6.07 Å². The van der Waals surface area contributed by atoms with Gasteiger partial charge in [-0.15, -0.1) is 13.2 Å². The second kappa shape index (κ2) is 4.91. The van der Waals surface area contributed by atoms with Crippen LogP contribution in [0, 0.1) is 13.8 Å². The van der Waals surface area contributed by atoms with Crippen molar-refractivity contribution in [2.24, 2.45) is 0 Å². The zero-order chi connectivity index (χ0) is 14.1. The maximum atomic E-state index is 12.0. The lowest BCUT2D eigenvalue weighted by Crippen LogP contribution is -2.19. The minimum Gasteiger partial charge on any atom is -0.476 e. The highest BCUT2D eigenvalue weighted by Gasteiger charge is 2.37. The first-order valence-corrected chi connectivity index (χ1v) is 5.03. The van der Waals surface area contributed by atoms with Gasteiger partial charge in [0.2, 0.25) is 11.4 Å². The predicted octanol–water partition coefficient (Wildman–Crippen LogP) is 2.19. The van der Waals surface area contributed by atoms with Gasteiger partial charge < -0.3 is 9.84 Å². The number of carboxylic acids is 1. The molecule has 18 heavy (non-hydrogen) atoms. The molecule has 0 saturated heterocycles. The van der Waals surface area contributed by atoms with Crippen molar-refractivity contribution in [3.8, 4) is 5.75 Å². The summed E-state index contributed by atoms with van der Waals surface area (Å²) in [6, 6.07) is 0.624. The molecular weight excluding hydrogens is 376 g/mol. The molecule has 0 amide bonds. The number of aromatic carboxylic acids is 1. The second-order valence-electron chi connectivity index (χ2n) is 2.75. The molecule has 0 aliphatic rings. The van der Waals surface area contributed by atoms with Gasteiger partial charge >= 0.3 is 18.0 Å². The van der Waals surface area contributed by atoms with Crippen molar-refractivity contribution in [2.45, 2.75) is 6.36 Å². The summed E-state index contributed by atoms with van der Waals surface area (Å²) in [5, 5.41) is 19.3. The molecule has 0 spiro atoms. The van der Waals surface area contributed by atoms with E-state index in [9.17, 15) is 28.1 Å². The molecule has 0 atom stereocenters. The van der Waals surface area contributed by atoms with Crippen molar-refractivity contribution in [3.63, 3.8) is 0 Å².